The number of hydrogen-bond acceptors (Lipinski definition) is 2. The highest BCUT2D eigenvalue weighted by Gasteiger charge is 2.34. The standard InChI is InChI=1S/C15H22N2.ClH/c16-15(10-17-11-15)14-8-6-13(7-9-14)12-4-2-1-3-5-12;/h6-9,12,17H,1-5,10-11,16H2;1H. The lowest BCUT2D eigenvalue weighted by Gasteiger charge is -2.39. The number of halogens is 1. The molecule has 1 saturated heterocycles. The average Bonchev–Trinajstić information content (AvgIpc) is 2.37. The zero-order chi connectivity index (χ0) is 11.7. The molecule has 3 heteroatoms. The molecule has 1 saturated carbocycles. The lowest BCUT2D eigenvalue weighted by Crippen LogP contribution is -2.62. The van der Waals surface area contributed by atoms with Gasteiger partial charge in [0, 0.05) is 13.1 Å². The van der Waals surface area contributed by atoms with Gasteiger partial charge in [-0.3, -0.25) is 0 Å². The van der Waals surface area contributed by atoms with Crippen LogP contribution in [0.3, 0.4) is 0 Å². The van der Waals surface area contributed by atoms with Crippen molar-refractivity contribution in [3.8, 4) is 0 Å². The zero-order valence-corrected chi connectivity index (χ0v) is 11.6. The van der Waals surface area contributed by atoms with Crippen molar-refractivity contribution in [2.24, 2.45) is 5.73 Å². The van der Waals surface area contributed by atoms with Crippen LogP contribution in [-0.2, 0) is 5.54 Å². The Balaban J connectivity index is 0.00000120. The van der Waals surface area contributed by atoms with Gasteiger partial charge in [-0.15, -0.1) is 12.4 Å². The van der Waals surface area contributed by atoms with E-state index in [1.807, 2.05) is 0 Å². The Morgan fingerprint density at radius 1 is 1.00 bits per heavy atom. The summed E-state index contributed by atoms with van der Waals surface area (Å²) in [7, 11) is 0. The molecule has 1 heterocycles. The SMILES string of the molecule is Cl.NC1(c2ccc(C3CCCCC3)cc2)CNC1. The average molecular weight is 267 g/mol. The van der Waals surface area contributed by atoms with Crippen molar-refractivity contribution in [1.29, 1.82) is 0 Å². The molecule has 3 N–H and O–H groups in total. The van der Waals surface area contributed by atoms with E-state index < -0.39 is 0 Å². The largest absolute Gasteiger partial charge is 0.319 e. The van der Waals surface area contributed by atoms with Gasteiger partial charge >= 0.3 is 0 Å². The van der Waals surface area contributed by atoms with Crippen LogP contribution < -0.4 is 11.1 Å². The molecule has 0 amide bonds. The third-order valence-corrected chi connectivity index (χ3v) is 4.44. The van der Waals surface area contributed by atoms with E-state index in [0.717, 1.165) is 19.0 Å². The molecule has 100 valence electrons. The van der Waals surface area contributed by atoms with E-state index in [1.165, 1.54) is 43.2 Å². The lowest BCUT2D eigenvalue weighted by molar-refractivity contribution is 0.287. The number of hydrogen-bond donors (Lipinski definition) is 2. The minimum Gasteiger partial charge on any atom is -0.319 e. The summed E-state index contributed by atoms with van der Waals surface area (Å²) in [6.07, 6.45) is 6.96. The molecular weight excluding hydrogens is 244 g/mol. The normalized spacial score (nSPS) is 22.9. The summed E-state index contributed by atoms with van der Waals surface area (Å²) >= 11 is 0. The molecular formula is C15H23ClN2. The van der Waals surface area contributed by atoms with Gasteiger partial charge in [0.15, 0.2) is 0 Å². The summed E-state index contributed by atoms with van der Waals surface area (Å²) in [6, 6.07) is 9.09. The third-order valence-electron chi connectivity index (χ3n) is 4.44. The molecule has 1 aromatic carbocycles. The van der Waals surface area contributed by atoms with E-state index in [2.05, 4.69) is 29.6 Å². The van der Waals surface area contributed by atoms with E-state index in [0.29, 0.717) is 0 Å². The molecule has 18 heavy (non-hydrogen) atoms. The molecule has 2 fully saturated rings. The second kappa shape index (κ2) is 5.60. The van der Waals surface area contributed by atoms with Gasteiger partial charge in [-0.1, -0.05) is 43.5 Å². The van der Waals surface area contributed by atoms with E-state index in [9.17, 15) is 0 Å². The maximum Gasteiger partial charge on any atom is 0.0662 e. The van der Waals surface area contributed by atoms with Crippen LogP contribution in [0.5, 0.6) is 0 Å². The Morgan fingerprint density at radius 3 is 2.11 bits per heavy atom. The Kier molecular flexibility index (Phi) is 4.31. The topological polar surface area (TPSA) is 38.0 Å². The smallest absolute Gasteiger partial charge is 0.0662 e. The molecule has 0 bridgehead atoms. The van der Waals surface area contributed by atoms with Crippen molar-refractivity contribution in [2.75, 3.05) is 13.1 Å². The van der Waals surface area contributed by atoms with Gasteiger partial charge in [0.25, 0.3) is 0 Å². The van der Waals surface area contributed by atoms with Gasteiger partial charge in [0.05, 0.1) is 5.54 Å². The maximum absolute atomic E-state index is 6.29. The minimum atomic E-state index is -0.106. The first-order valence-electron chi connectivity index (χ1n) is 6.88. The zero-order valence-electron chi connectivity index (χ0n) is 10.8. The van der Waals surface area contributed by atoms with E-state index >= 15 is 0 Å². The van der Waals surface area contributed by atoms with Crippen LogP contribution in [0.4, 0.5) is 0 Å². The van der Waals surface area contributed by atoms with Crippen LogP contribution >= 0.6 is 12.4 Å². The number of nitrogens with two attached hydrogens (primary N) is 1. The molecule has 2 aliphatic rings. The van der Waals surface area contributed by atoms with Crippen molar-refractivity contribution in [1.82, 2.24) is 5.32 Å². The molecule has 1 aliphatic heterocycles. The van der Waals surface area contributed by atoms with Gasteiger partial charge in [-0.25, -0.2) is 0 Å². The third kappa shape index (κ3) is 2.56. The molecule has 0 atom stereocenters. The summed E-state index contributed by atoms with van der Waals surface area (Å²) in [5.41, 5.74) is 8.99. The second-order valence-electron chi connectivity index (χ2n) is 5.72. The van der Waals surface area contributed by atoms with Crippen LogP contribution in [0.1, 0.15) is 49.1 Å². The van der Waals surface area contributed by atoms with Crippen molar-refractivity contribution in [3.05, 3.63) is 35.4 Å². The summed E-state index contributed by atoms with van der Waals surface area (Å²) in [5.74, 6) is 0.797. The Bertz CT molecular complexity index is 378. The number of rotatable bonds is 2. The quantitative estimate of drug-likeness (QED) is 0.864. The summed E-state index contributed by atoms with van der Waals surface area (Å²) in [6.45, 7) is 1.82. The van der Waals surface area contributed by atoms with Crippen molar-refractivity contribution in [2.45, 2.75) is 43.6 Å². The maximum atomic E-state index is 6.29. The predicted molar refractivity (Wildman–Crippen MR) is 78.3 cm³/mol. The van der Waals surface area contributed by atoms with Crippen molar-refractivity contribution < 1.29 is 0 Å². The van der Waals surface area contributed by atoms with Gasteiger partial charge in [-0.2, -0.15) is 0 Å². The molecule has 0 spiro atoms. The highest BCUT2D eigenvalue weighted by atomic mass is 35.5. The second-order valence-corrected chi connectivity index (χ2v) is 5.72. The van der Waals surface area contributed by atoms with E-state index in [4.69, 9.17) is 5.73 Å². The van der Waals surface area contributed by atoms with Crippen LogP contribution in [0.25, 0.3) is 0 Å². The molecule has 0 unspecified atom stereocenters. The van der Waals surface area contributed by atoms with Crippen molar-refractivity contribution in [3.63, 3.8) is 0 Å². The monoisotopic (exact) mass is 266 g/mol. The Labute approximate surface area is 116 Å². The van der Waals surface area contributed by atoms with Crippen LogP contribution in [-0.4, -0.2) is 13.1 Å². The Morgan fingerprint density at radius 2 is 1.61 bits per heavy atom. The van der Waals surface area contributed by atoms with E-state index in [-0.39, 0.29) is 17.9 Å². The predicted octanol–water partition coefficient (Wildman–Crippen LogP) is 2.91. The molecule has 0 aromatic heterocycles. The first-order valence-corrected chi connectivity index (χ1v) is 6.88. The minimum absolute atomic E-state index is 0. The molecule has 2 nitrogen and oxygen atoms in total. The summed E-state index contributed by atoms with van der Waals surface area (Å²) < 4.78 is 0. The molecule has 1 aromatic rings. The van der Waals surface area contributed by atoms with Gasteiger partial charge in [0.2, 0.25) is 0 Å². The summed E-state index contributed by atoms with van der Waals surface area (Å²) in [4.78, 5) is 0. The fourth-order valence-corrected chi connectivity index (χ4v) is 3.12. The highest BCUT2D eigenvalue weighted by molar-refractivity contribution is 5.85. The molecule has 1 aliphatic carbocycles. The van der Waals surface area contributed by atoms with Crippen molar-refractivity contribution >= 4 is 12.4 Å². The van der Waals surface area contributed by atoms with Gasteiger partial charge < -0.3 is 11.1 Å². The molecule has 3 rings (SSSR count). The summed E-state index contributed by atoms with van der Waals surface area (Å²) in [5, 5.41) is 3.25. The fraction of sp³-hybridized carbons (Fsp3) is 0.600. The van der Waals surface area contributed by atoms with Gasteiger partial charge in [0.1, 0.15) is 0 Å². The number of nitrogens with one attached hydrogen (secondary N) is 1. The van der Waals surface area contributed by atoms with Crippen LogP contribution in [0.15, 0.2) is 24.3 Å². The van der Waals surface area contributed by atoms with Crippen LogP contribution in [0.2, 0.25) is 0 Å². The fourth-order valence-electron chi connectivity index (χ4n) is 3.12. The van der Waals surface area contributed by atoms with Crippen LogP contribution in [0, 0.1) is 0 Å². The van der Waals surface area contributed by atoms with E-state index in [1.54, 1.807) is 0 Å². The Hall–Kier alpha value is -0.570. The first-order chi connectivity index (χ1) is 8.28. The number of benzene rings is 1. The highest BCUT2D eigenvalue weighted by Crippen LogP contribution is 2.33. The van der Waals surface area contributed by atoms with Gasteiger partial charge in [-0.05, 0) is 29.9 Å². The molecule has 0 radical (unpaired) electrons. The lowest BCUT2D eigenvalue weighted by atomic mass is 9.81. The first kappa shape index (κ1) is 13.9.